The molecule has 0 saturated heterocycles. The molecule has 0 radical (unpaired) electrons. The third kappa shape index (κ3) is 4.87. The van der Waals surface area contributed by atoms with Gasteiger partial charge in [-0.1, -0.05) is 29.8 Å². The van der Waals surface area contributed by atoms with E-state index in [4.69, 9.17) is 27.3 Å². The van der Waals surface area contributed by atoms with E-state index in [1.54, 1.807) is 6.07 Å². The second-order valence-electron chi connectivity index (χ2n) is 5.97. The second kappa shape index (κ2) is 9.45. The number of carbonyl (C=O) groups excluding carboxylic acids is 3. The van der Waals surface area contributed by atoms with Crippen molar-refractivity contribution in [2.45, 2.75) is 6.92 Å². The molecule has 0 heterocycles. The molecule has 0 aliphatic heterocycles. The molecule has 0 aromatic heterocycles. The molecule has 0 aliphatic carbocycles. The van der Waals surface area contributed by atoms with Crippen molar-refractivity contribution < 1.29 is 24.0 Å². The molecule has 0 spiro atoms. The van der Waals surface area contributed by atoms with Crippen LogP contribution in [0.5, 0.6) is 0 Å². The maximum Gasteiger partial charge on any atom is 0.339 e. The second-order valence-corrected chi connectivity index (χ2v) is 6.37. The summed E-state index contributed by atoms with van der Waals surface area (Å²) in [5.41, 5.74) is 4.33. The predicted octanol–water partition coefficient (Wildman–Crippen LogP) is 2.96. The van der Waals surface area contributed by atoms with Gasteiger partial charge in [-0.3, -0.25) is 19.7 Å². The number of nitro groups is 1. The summed E-state index contributed by atoms with van der Waals surface area (Å²) >= 11 is 5.76. The first-order valence-corrected chi connectivity index (χ1v) is 8.69. The number of Topliss-reactive ketones (excluding diaryl/α,β-unsaturated/α-hetero) is 1. The number of halogens is 1. The molecule has 0 atom stereocenters. The van der Waals surface area contributed by atoms with E-state index in [-0.39, 0.29) is 33.0 Å². The Balaban J connectivity index is 2.31. The highest BCUT2D eigenvalue weighted by Crippen LogP contribution is 2.27. The SMILES string of the molecule is C/C(N)=C(\C#N)C(=O)COC(=O)c1ccccc1C(=O)c1ccc(Cl)c([N+](=O)[O-])c1. The number of hydrogen-bond donors (Lipinski definition) is 1. The van der Waals surface area contributed by atoms with Crippen molar-refractivity contribution in [3.05, 3.63) is 85.6 Å². The first-order chi connectivity index (χ1) is 14.2. The van der Waals surface area contributed by atoms with Crippen molar-refractivity contribution in [2.24, 2.45) is 5.73 Å². The smallest absolute Gasteiger partial charge is 0.339 e. The summed E-state index contributed by atoms with van der Waals surface area (Å²) in [7, 11) is 0. The fourth-order valence-corrected chi connectivity index (χ4v) is 2.65. The van der Waals surface area contributed by atoms with Gasteiger partial charge in [0.15, 0.2) is 12.4 Å². The van der Waals surface area contributed by atoms with Crippen LogP contribution in [0.15, 0.2) is 53.7 Å². The fraction of sp³-hybridized carbons (Fsp3) is 0.100. The van der Waals surface area contributed by atoms with Crippen LogP contribution in [0.3, 0.4) is 0 Å². The van der Waals surface area contributed by atoms with Crippen LogP contribution in [-0.4, -0.2) is 29.1 Å². The summed E-state index contributed by atoms with van der Waals surface area (Å²) < 4.78 is 4.92. The molecule has 0 aliphatic rings. The highest BCUT2D eigenvalue weighted by molar-refractivity contribution is 6.33. The average Bonchev–Trinajstić information content (AvgIpc) is 2.71. The van der Waals surface area contributed by atoms with Crippen molar-refractivity contribution in [3.63, 3.8) is 0 Å². The maximum atomic E-state index is 12.8. The minimum Gasteiger partial charge on any atom is -0.454 e. The van der Waals surface area contributed by atoms with Gasteiger partial charge in [0.05, 0.1) is 10.5 Å². The lowest BCUT2D eigenvalue weighted by molar-refractivity contribution is -0.384. The molecule has 2 aromatic carbocycles. The topological polar surface area (TPSA) is 153 Å². The van der Waals surface area contributed by atoms with Crippen molar-refractivity contribution in [1.29, 1.82) is 5.26 Å². The van der Waals surface area contributed by atoms with Gasteiger partial charge in [0, 0.05) is 22.9 Å². The van der Waals surface area contributed by atoms with Gasteiger partial charge in [-0.25, -0.2) is 4.79 Å². The number of nitrogens with two attached hydrogens (primary N) is 1. The van der Waals surface area contributed by atoms with Crippen LogP contribution in [0.25, 0.3) is 0 Å². The Kier molecular flexibility index (Phi) is 7.01. The lowest BCUT2D eigenvalue weighted by Gasteiger charge is -2.09. The third-order valence-electron chi connectivity index (χ3n) is 3.92. The minimum absolute atomic E-state index is 0.0153. The normalized spacial score (nSPS) is 11.1. The molecule has 152 valence electrons. The highest BCUT2D eigenvalue weighted by atomic mass is 35.5. The molecule has 30 heavy (non-hydrogen) atoms. The van der Waals surface area contributed by atoms with E-state index in [0.717, 1.165) is 6.07 Å². The molecular formula is C20H14ClN3O6. The lowest BCUT2D eigenvalue weighted by atomic mass is 9.98. The molecular weight excluding hydrogens is 414 g/mol. The van der Waals surface area contributed by atoms with Crippen molar-refractivity contribution in [3.8, 4) is 6.07 Å². The van der Waals surface area contributed by atoms with Crippen LogP contribution in [0, 0.1) is 21.4 Å². The molecule has 9 nitrogen and oxygen atoms in total. The largest absolute Gasteiger partial charge is 0.454 e. The Bertz CT molecular complexity index is 1130. The maximum absolute atomic E-state index is 12.8. The fourth-order valence-electron chi connectivity index (χ4n) is 2.46. The minimum atomic E-state index is -0.984. The van der Waals surface area contributed by atoms with Crippen molar-refractivity contribution in [2.75, 3.05) is 6.61 Å². The summed E-state index contributed by atoms with van der Waals surface area (Å²) in [4.78, 5) is 47.5. The Labute approximate surface area is 175 Å². The number of benzene rings is 2. The quantitative estimate of drug-likeness (QED) is 0.176. The van der Waals surface area contributed by atoms with Gasteiger partial charge in [-0.15, -0.1) is 0 Å². The Morgan fingerprint density at radius 2 is 1.83 bits per heavy atom. The number of nitro benzene ring substituents is 1. The molecule has 0 amide bonds. The Hall–Kier alpha value is -4.03. The van der Waals surface area contributed by atoms with Gasteiger partial charge in [0.2, 0.25) is 5.78 Å². The monoisotopic (exact) mass is 427 g/mol. The number of nitrogens with zero attached hydrogens (tertiary/aromatic N) is 2. The van der Waals surface area contributed by atoms with Crippen LogP contribution < -0.4 is 5.73 Å². The van der Waals surface area contributed by atoms with Gasteiger partial charge >= 0.3 is 5.97 Å². The summed E-state index contributed by atoms with van der Waals surface area (Å²) in [5.74, 6) is -2.45. The van der Waals surface area contributed by atoms with E-state index >= 15 is 0 Å². The zero-order valence-electron chi connectivity index (χ0n) is 15.5. The number of rotatable bonds is 7. The number of ether oxygens (including phenoxy) is 1. The van der Waals surface area contributed by atoms with Gasteiger partial charge in [0.25, 0.3) is 5.69 Å². The molecule has 2 aromatic rings. The van der Waals surface area contributed by atoms with Gasteiger partial charge in [-0.2, -0.15) is 5.26 Å². The summed E-state index contributed by atoms with van der Waals surface area (Å²) in [5, 5.41) is 19.8. The van der Waals surface area contributed by atoms with Crippen molar-refractivity contribution >= 4 is 34.8 Å². The van der Waals surface area contributed by atoms with Crippen LogP contribution in [0.2, 0.25) is 5.02 Å². The van der Waals surface area contributed by atoms with Gasteiger partial charge in [0.1, 0.15) is 16.7 Å². The Morgan fingerprint density at radius 3 is 2.40 bits per heavy atom. The predicted molar refractivity (Wildman–Crippen MR) is 106 cm³/mol. The first-order valence-electron chi connectivity index (χ1n) is 8.31. The molecule has 0 saturated carbocycles. The lowest BCUT2D eigenvalue weighted by Crippen LogP contribution is -2.19. The first kappa shape index (κ1) is 22.3. The van der Waals surface area contributed by atoms with E-state index in [1.807, 2.05) is 0 Å². The standard InChI is InChI=1S/C20H14ClN3O6/c1-11(23)15(9-22)18(25)10-30-20(27)14-5-3-2-4-13(14)19(26)12-6-7-16(21)17(8-12)24(28)29/h2-8H,10,23H2,1H3/b15-11-. The number of carbonyl (C=O) groups is 3. The number of hydrogen-bond acceptors (Lipinski definition) is 8. The zero-order chi connectivity index (χ0) is 22.4. The van der Waals surface area contributed by atoms with E-state index in [0.29, 0.717) is 0 Å². The molecule has 0 fully saturated rings. The molecule has 0 unspecified atom stereocenters. The van der Waals surface area contributed by atoms with Crippen LogP contribution >= 0.6 is 11.6 Å². The van der Waals surface area contributed by atoms with E-state index < -0.39 is 34.8 Å². The van der Waals surface area contributed by atoms with Crippen LogP contribution in [-0.2, 0) is 9.53 Å². The van der Waals surface area contributed by atoms with E-state index in [2.05, 4.69) is 0 Å². The molecule has 2 rings (SSSR count). The van der Waals surface area contributed by atoms with E-state index in [1.165, 1.54) is 43.3 Å². The third-order valence-corrected chi connectivity index (χ3v) is 4.24. The van der Waals surface area contributed by atoms with Crippen LogP contribution in [0.1, 0.15) is 33.2 Å². The van der Waals surface area contributed by atoms with Crippen LogP contribution in [0.4, 0.5) is 5.69 Å². The zero-order valence-corrected chi connectivity index (χ0v) is 16.3. The summed E-state index contributed by atoms with van der Waals surface area (Å²) in [6.07, 6.45) is 0. The molecule has 0 bridgehead atoms. The van der Waals surface area contributed by atoms with Gasteiger partial charge in [-0.05, 0) is 25.1 Å². The summed E-state index contributed by atoms with van der Waals surface area (Å²) in [6, 6.07) is 10.7. The average molecular weight is 428 g/mol. The van der Waals surface area contributed by atoms with Gasteiger partial charge < -0.3 is 10.5 Å². The van der Waals surface area contributed by atoms with E-state index in [9.17, 15) is 24.5 Å². The van der Waals surface area contributed by atoms with Crippen molar-refractivity contribution in [1.82, 2.24) is 0 Å². The molecule has 2 N–H and O–H groups in total. The Morgan fingerprint density at radius 1 is 1.20 bits per heavy atom. The number of nitriles is 1. The number of allylic oxidation sites excluding steroid dienone is 1. The molecule has 10 heteroatoms. The number of esters is 1. The summed E-state index contributed by atoms with van der Waals surface area (Å²) in [6.45, 7) is 0.614. The number of ketones is 2. The highest BCUT2D eigenvalue weighted by Gasteiger charge is 2.23.